The van der Waals surface area contributed by atoms with Crippen LogP contribution in [0.4, 0.5) is 0 Å². The Labute approximate surface area is 90.1 Å². The van der Waals surface area contributed by atoms with Gasteiger partial charge in [-0.25, -0.2) is 0 Å². The van der Waals surface area contributed by atoms with Crippen LogP contribution in [0.5, 0.6) is 0 Å². The number of hydrogen-bond acceptors (Lipinski definition) is 2. The van der Waals surface area contributed by atoms with Gasteiger partial charge in [-0.05, 0) is 19.0 Å². The van der Waals surface area contributed by atoms with Crippen molar-refractivity contribution in [2.75, 3.05) is 13.6 Å². The lowest BCUT2D eigenvalue weighted by Gasteiger charge is -2.16. The van der Waals surface area contributed by atoms with Crippen LogP contribution in [0.25, 0.3) is 0 Å². The van der Waals surface area contributed by atoms with E-state index in [1.807, 2.05) is 30.1 Å². The number of carbonyl (C=O) groups excluding carboxylic acids is 1. The summed E-state index contributed by atoms with van der Waals surface area (Å²) in [5, 5.41) is 3.04. The monoisotopic (exact) mass is 204 g/mol. The number of rotatable bonds is 3. The van der Waals surface area contributed by atoms with E-state index in [9.17, 15) is 4.79 Å². The molecule has 1 aliphatic rings. The number of nitrogens with one attached hydrogen (secondary N) is 1. The SMILES string of the molecule is CN[C@H]1CCN(Cc2ccccc2)C1=O. The first-order valence-electron chi connectivity index (χ1n) is 5.31. The zero-order valence-electron chi connectivity index (χ0n) is 8.94. The van der Waals surface area contributed by atoms with Gasteiger partial charge in [0.25, 0.3) is 0 Å². The Bertz CT molecular complexity index is 337. The molecule has 0 aromatic heterocycles. The number of hydrogen-bond donors (Lipinski definition) is 1. The van der Waals surface area contributed by atoms with Gasteiger partial charge in [0.2, 0.25) is 5.91 Å². The fraction of sp³-hybridized carbons (Fsp3) is 0.417. The van der Waals surface area contributed by atoms with Crippen LogP contribution in [-0.4, -0.2) is 30.4 Å². The molecule has 1 atom stereocenters. The minimum absolute atomic E-state index is 0.0220. The van der Waals surface area contributed by atoms with E-state index >= 15 is 0 Å². The number of carbonyl (C=O) groups is 1. The van der Waals surface area contributed by atoms with Crippen LogP contribution in [0.15, 0.2) is 30.3 Å². The van der Waals surface area contributed by atoms with E-state index < -0.39 is 0 Å². The van der Waals surface area contributed by atoms with Crippen LogP contribution < -0.4 is 5.32 Å². The molecule has 1 aromatic rings. The molecular formula is C12H16N2O. The molecule has 1 aliphatic heterocycles. The molecule has 1 heterocycles. The highest BCUT2D eigenvalue weighted by Crippen LogP contribution is 2.14. The van der Waals surface area contributed by atoms with Gasteiger partial charge in [0.15, 0.2) is 0 Å². The highest BCUT2D eigenvalue weighted by atomic mass is 16.2. The highest BCUT2D eigenvalue weighted by Gasteiger charge is 2.29. The Kier molecular flexibility index (Phi) is 3.02. The number of amides is 1. The Morgan fingerprint density at radius 3 is 2.73 bits per heavy atom. The van der Waals surface area contributed by atoms with E-state index in [0.717, 1.165) is 19.5 Å². The standard InChI is InChI=1S/C12H16N2O/c1-13-11-7-8-14(12(11)15)9-10-5-3-2-4-6-10/h2-6,11,13H,7-9H2,1H3/t11-/m0/s1. The van der Waals surface area contributed by atoms with E-state index in [1.165, 1.54) is 5.56 Å². The van der Waals surface area contributed by atoms with Gasteiger partial charge in [-0.15, -0.1) is 0 Å². The van der Waals surface area contributed by atoms with Crippen molar-refractivity contribution >= 4 is 5.91 Å². The third-order valence-electron chi connectivity index (χ3n) is 2.86. The molecule has 0 bridgehead atoms. The molecule has 1 amide bonds. The molecule has 3 nitrogen and oxygen atoms in total. The van der Waals surface area contributed by atoms with Crippen LogP contribution in [0.2, 0.25) is 0 Å². The molecule has 0 spiro atoms. The fourth-order valence-electron chi connectivity index (χ4n) is 1.97. The predicted molar refractivity (Wildman–Crippen MR) is 59.3 cm³/mol. The van der Waals surface area contributed by atoms with Crippen molar-refractivity contribution in [3.8, 4) is 0 Å². The summed E-state index contributed by atoms with van der Waals surface area (Å²) in [6, 6.07) is 10.1. The maximum Gasteiger partial charge on any atom is 0.240 e. The van der Waals surface area contributed by atoms with Crippen molar-refractivity contribution in [1.82, 2.24) is 10.2 Å². The normalized spacial score (nSPS) is 21.0. The first-order valence-corrected chi connectivity index (χ1v) is 5.31. The Morgan fingerprint density at radius 2 is 2.13 bits per heavy atom. The fourth-order valence-corrected chi connectivity index (χ4v) is 1.97. The van der Waals surface area contributed by atoms with Gasteiger partial charge < -0.3 is 10.2 Å². The summed E-state index contributed by atoms with van der Waals surface area (Å²) < 4.78 is 0. The quantitative estimate of drug-likeness (QED) is 0.797. The topological polar surface area (TPSA) is 32.3 Å². The zero-order chi connectivity index (χ0) is 10.7. The first-order chi connectivity index (χ1) is 7.31. The summed E-state index contributed by atoms with van der Waals surface area (Å²) in [4.78, 5) is 13.7. The van der Waals surface area contributed by atoms with Crippen molar-refractivity contribution in [2.45, 2.75) is 19.0 Å². The summed E-state index contributed by atoms with van der Waals surface area (Å²) >= 11 is 0. The molecule has 3 heteroatoms. The second-order valence-electron chi connectivity index (χ2n) is 3.88. The van der Waals surface area contributed by atoms with Crippen LogP contribution in [0, 0.1) is 0 Å². The van der Waals surface area contributed by atoms with E-state index in [2.05, 4.69) is 17.4 Å². The molecule has 0 unspecified atom stereocenters. The van der Waals surface area contributed by atoms with E-state index in [4.69, 9.17) is 0 Å². The maximum atomic E-state index is 11.8. The zero-order valence-corrected chi connectivity index (χ0v) is 8.94. The van der Waals surface area contributed by atoms with Gasteiger partial charge in [0.05, 0.1) is 6.04 Å². The van der Waals surface area contributed by atoms with Gasteiger partial charge in [-0.1, -0.05) is 30.3 Å². The lowest BCUT2D eigenvalue weighted by Crippen LogP contribution is -2.35. The number of likely N-dealkylation sites (N-methyl/N-ethyl adjacent to an activating group) is 1. The third-order valence-corrected chi connectivity index (χ3v) is 2.86. The van der Waals surface area contributed by atoms with Gasteiger partial charge in [-0.2, -0.15) is 0 Å². The third kappa shape index (κ3) is 2.18. The lowest BCUT2D eigenvalue weighted by molar-refractivity contribution is -0.129. The Hall–Kier alpha value is -1.35. The van der Waals surface area contributed by atoms with Gasteiger partial charge in [0, 0.05) is 13.1 Å². The first kappa shape index (κ1) is 10.2. The van der Waals surface area contributed by atoms with Crippen molar-refractivity contribution < 1.29 is 4.79 Å². The summed E-state index contributed by atoms with van der Waals surface area (Å²) in [6.45, 7) is 1.59. The Morgan fingerprint density at radius 1 is 1.40 bits per heavy atom. The highest BCUT2D eigenvalue weighted by molar-refractivity contribution is 5.83. The van der Waals surface area contributed by atoms with Gasteiger partial charge in [-0.3, -0.25) is 4.79 Å². The molecule has 0 radical (unpaired) electrons. The van der Waals surface area contributed by atoms with Crippen molar-refractivity contribution in [3.05, 3.63) is 35.9 Å². The van der Waals surface area contributed by atoms with Crippen molar-refractivity contribution in [1.29, 1.82) is 0 Å². The van der Waals surface area contributed by atoms with Crippen LogP contribution >= 0.6 is 0 Å². The second kappa shape index (κ2) is 4.45. The van der Waals surface area contributed by atoms with Crippen LogP contribution in [0.3, 0.4) is 0 Å². The summed E-state index contributed by atoms with van der Waals surface area (Å²) in [7, 11) is 1.84. The second-order valence-corrected chi connectivity index (χ2v) is 3.88. The average molecular weight is 204 g/mol. The number of benzene rings is 1. The average Bonchev–Trinajstić information content (AvgIpc) is 2.62. The van der Waals surface area contributed by atoms with Crippen molar-refractivity contribution in [3.63, 3.8) is 0 Å². The van der Waals surface area contributed by atoms with Gasteiger partial charge in [0.1, 0.15) is 0 Å². The minimum Gasteiger partial charge on any atom is -0.337 e. The molecule has 1 saturated heterocycles. The number of nitrogens with zero attached hydrogens (tertiary/aromatic N) is 1. The van der Waals surface area contributed by atoms with Crippen LogP contribution in [-0.2, 0) is 11.3 Å². The predicted octanol–water partition coefficient (Wildman–Crippen LogP) is 1.01. The largest absolute Gasteiger partial charge is 0.337 e. The molecule has 15 heavy (non-hydrogen) atoms. The molecule has 0 aliphatic carbocycles. The summed E-state index contributed by atoms with van der Waals surface area (Å²) in [5.74, 6) is 0.223. The summed E-state index contributed by atoms with van der Waals surface area (Å²) in [5.41, 5.74) is 1.20. The van der Waals surface area contributed by atoms with E-state index in [1.54, 1.807) is 0 Å². The number of likely N-dealkylation sites (tertiary alicyclic amines) is 1. The van der Waals surface area contributed by atoms with E-state index in [0.29, 0.717) is 0 Å². The minimum atomic E-state index is 0.0220. The van der Waals surface area contributed by atoms with Crippen molar-refractivity contribution in [2.24, 2.45) is 0 Å². The lowest BCUT2D eigenvalue weighted by atomic mass is 10.2. The molecule has 2 rings (SSSR count). The van der Waals surface area contributed by atoms with Crippen LogP contribution in [0.1, 0.15) is 12.0 Å². The smallest absolute Gasteiger partial charge is 0.240 e. The molecule has 1 aromatic carbocycles. The van der Waals surface area contributed by atoms with E-state index in [-0.39, 0.29) is 11.9 Å². The molecule has 1 N–H and O–H groups in total. The Balaban J connectivity index is 2.00. The molecule has 0 saturated carbocycles. The molecule has 1 fully saturated rings. The molecule has 80 valence electrons. The van der Waals surface area contributed by atoms with Gasteiger partial charge >= 0.3 is 0 Å². The summed E-state index contributed by atoms with van der Waals surface area (Å²) in [6.07, 6.45) is 0.919. The maximum absolute atomic E-state index is 11.8. The molecular weight excluding hydrogens is 188 g/mol.